The zero-order chi connectivity index (χ0) is 14.4. The molecule has 0 aliphatic heterocycles. The molecule has 0 heterocycles. The Morgan fingerprint density at radius 1 is 1.42 bits per heavy atom. The summed E-state index contributed by atoms with van der Waals surface area (Å²) < 4.78 is 38.3. The molecule has 1 aliphatic carbocycles. The van der Waals surface area contributed by atoms with E-state index in [2.05, 4.69) is 5.32 Å². The third-order valence-corrected chi connectivity index (χ3v) is 3.35. The van der Waals surface area contributed by atoms with Gasteiger partial charge in [0.05, 0.1) is 4.92 Å². The van der Waals surface area contributed by atoms with Gasteiger partial charge in [-0.2, -0.15) is 13.2 Å². The molecule has 0 amide bonds. The molecule has 104 valence electrons. The van der Waals surface area contributed by atoms with Gasteiger partial charge < -0.3 is 5.32 Å². The Hall–Kier alpha value is -1.79. The summed E-state index contributed by atoms with van der Waals surface area (Å²) in [4.78, 5) is 9.58. The standard InChI is InChI=1S/C12H13F3N2O2/c1-11(2)6-10(11)16-7-3-4-9(17(18)19)8(5-7)12(13,14)15/h3-5,10,16H,6H2,1-2H3. The van der Waals surface area contributed by atoms with Crippen molar-refractivity contribution in [3.63, 3.8) is 0 Å². The highest BCUT2D eigenvalue weighted by atomic mass is 19.4. The second kappa shape index (κ2) is 4.11. The first-order valence-corrected chi connectivity index (χ1v) is 5.73. The molecule has 0 saturated heterocycles. The molecule has 7 heteroatoms. The van der Waals surface area contributed by atoms with Crippen LogP contribution in [0.4, 0.5) is 24.5 Å². The van der Waals surface area contributed by atoms with Gasteiger partial charge in [-0.15, -0.1) is 0 Å². The molecule has 1 aliphatic rings. The molecule has 1 N–H and O–H groups in total. The van der Waals surface area contributed by atoms with Gasteiger partial charge in [-0.3, -0.25) is 10.1 Å². The maximum atomic E-state index is 12.8. The molecular formula is C12H13F3N2O2. The summed E-state index contributed by atoms with van der Waals surface area (Å²) in [7, 11) is 0. The summed E-state index contributed by atoms with van der Waals surface area (Å²) in [6.45, 7) is 4.00. The number of halogens is 3. The first-order chi connectivity index (χ1) is 8.61. The molecule has 1 aromatic carbocycles. The van der Waals surface area contributed by atoms with Crippen LogP contribution in [0.15, 0.2) is 18.2 Å². The number of anilines is 1. The summed E-state index contributed by atoms with van der Waals surface area (Å²) >= 11 is 0. The number of hydrogen-bond acceptors (Lipinski definition) is 3. The summed E-state index contributed by atoms with van der Waals surface area (Å²) in [6, 6.07) is 3.10. The lowest BCUT2D eigenvalue weighted by Crippen LogP contribution is -2.12. The maximum Gasteiger partial charge on any atom is 0.423 e. The lowest BCUT2D eigenvalue weighted by atomic mass is 10.1. The van der Waals surface area contributed by atoms with Crippen LogP contribution in [0.1, 0.15) is 25.8 Å². The van der Waals surface area contributed by atoms with E-state index in [-0.39, 0.29) is 17.1 Å². The molecule has 1 aromatic rings. The van der Waals surface area contributed by atoms with Crippen molar-refractivity contribution in [2.75, 3.05) is 5.32 Å². The number of alkyl halides is 3. The number of nitrogens with zero attached hydrogens (tertiary/aromatic N) is 1. The van der Waals surface area contributed by atoms with E-state index in [4.69, 9.17) is 0 Å². The molecule has 0 aromatic heterocycles. The molecule has 0 spiro atoms. The van der Waals surface area contributed by atoms with Crippen LogP contribution < -0.4 is 5.32 Å². The number of rotatable bonds is 3. The Morgan fingerprint density at radius 3 is 2.42 bits per heavy atom. The van der Waals surface area contributed by atoms with Gasteiger partial charge in [-0.1, -0.05) is 13.8 Å². The molecule has 0 bridgehead atoms. The predicted molar refractivity (Wildman–Crippen MR) is 63.9 cm³/mol. The Balaban J connectivity index is 2.31. The number of benzene rings is 1. The Bertz CT molecular complexity index is 526. The highest BCUT2D eigenvalue weighted by Crippen LogP contribution is 2.47. The highest BCUT2D eigenvalue weighted by Gasteiger charge is 2.46. The molecule has 19 heavy (non-hydrogen) atoms. The van der Waals surface area contributed by atoms with Gasteiger partial charge >= 0.3 is 6.18 Å². The van der Waals surface area contributed by atoms with Crippen molar-refractivity contribution in [1.82, 2.24) is 0 Å². The lowest BCUT2D eigenvalue weighted by Gasteiger charge is -2.12. The van der Waals surface area contributed by atoms with Crippen LogP contribution >= 0.6 is 0 Å². The Morgan fingerprint density at radius 2 is 2.00 bits per heavy atom. The number of nitrogens with one attached hydrogen (secondary N) is 1. The number of hydrogen-bond donors (Lipinski definition) is 1. The molecule has 4 nitrogen and oxygen atoms in total. The SMILES string of the molecule is CC1(C)CC1Nc1ccc([N+](=O)[O-])c(C(F)(F)F)c1. The average molecular weight is 274 g/mol. The third-order valence-electron chi connectivity index (χ3n) is 3.35. The van der Waals surface area contributed by atoms with Crippen LogP contribution in [0.2, 0.25) is 0 Å². The van der Waals surface area contributed by atoms with E-state index < -0.39 is 22.4 Å². The maximum absolute atomic E-state index is 12.8. The zero-order valence-electron chi connectivity index (χ0n) is 10.4. The largest absolute Gasteiger partial charge is 0.423 e. The molecule has 0 radical (unpaired) electrons. The van der Waals surface area contributed by atoms with Crippen LogP contribution in [-0.2, 0) is 6.18 Å². The smallest absolute Gasteiger partial charge is 0.382 e. The topological polar surface area (TPSA) is 55.2 Å². The van der Waals surface area contributed by atoms with Crippen molar-refractivity contribution in [2.45, 2.75) is 32.5 Å². The minimum atomic E-state index is -4.74. The van der Waals surface area contributed by atoms with E-state index in [0.717, 1.165) is 18.6 Å². The van der Waals surface area contributed by atoms with Crippen molar-refractivity contribution < 1.29 is 18.1 Å². The van der Waals surface area contributed by atoms with E-state index in [1.165, 1.54) is 6.07 Å². The molecule has 1 saturated carbocycles. The summed E-state index contributed by atoms with van der Waals surface area (Å²) in [6.07, 6.45) is -3.87. The fraction of sp³-hybridized carbons (Fsp3) is 0.500. The summed E-state index contributed by atoms with van der Waals surface area (Å²) in [5, 5.41) is 13.6. The number of nitro groups is 1. The van der Waals surface area contributed by atoms with Crippen molar-refractivity contribution in [3.05, 3.63) is 33.9 Å². The molecule has 1 atom stereocenters. The highest BCUT2D eigenvalue weighted by molar-refractivity contribution is 5.56. The monoisotopic (exact) mass is 274 g/mol. The quantitative estimate of drug-likeness (QED) is 0.673. The second-order valence-electron chi connectivity index (χ2n) is 5.38. The molecule has 1 unspecified atom stereocenters. The fourth-order valence-corrected chi connectivity index (χ4v) is 1.93. The van der Waals surface area contributed by atoms with E-state index in [1.54, 1.807) is 0 Å². The Labute approximate surface area is 107 Å². The van der Waals surface area contributed by atoms with Crippen molar-refractivity contribution in [1.29, 1.82) is 0 Å². The van der Waals surface area contributed by atoms with Crippen molar-refractivity contribution in [2.24, 2.45) is 5.41 Å². The van der Waals surface area contributed by atoms with Crippen LogP contribution in [0.5, 0.6) is 0 Å². The van der Waals surface area contributed by atoms with Crippen LogP contribution in [0.3, 0.4) is 0 Å². The van der Waals surface area contributed by atoms with Crippen molar-refractivity contribution >= 4 is 11.4 Å². The molecular weight excluding hydrogens is 261 g/mol. The summed E-state index contributed by atoms with van der Waals surface area (Å²) in [5.41, 5.74) is -1.83. The minimum Gasteiger partial charge on any atom is -0.382 e. The Kier molecular flexibility index (Phi) is 2.95. The first kappa shape index (κ1) is 13.6. The third kappa shape index (κ3) is 2.80. The van der Waals surface area contributed by atoms with Gasteiger partial charge in [-0.05, 0) is 24.0 Å². The van der Waals surface area contributed by atoms with E-state index in [0.29, 0.717) is 0 Å². The van der Waals surface area contributed by atoms with Crippen molar-refractivity contribution in [3.8, 4) is 0 Å². The van der Waals surface area contributed by atoms with Gasteiger partial charge in [0.2, 0.25) is 0 Å². The average Bonchev–Trinajstić information content (AvgIpc) is 2.84. The van der Waals surface area contributed by atoms with Crippen LogP contribution in [0, 0.1) is 15.5 Å². The van der Waals surface area contributed by atoms with Crippen LogP contribution in [-0.4, -0.2) is 11.0 Å². The normalized spacial score (nSPS) is 21.0. The van der Waals surface area contributed by atoms with Gasteiger partial charge in [-0.25, -0.2) is 0 Å². The minimum absolute atomic E-state index is 0.0557. The van der Waals surface area contributed by atoms with E-state index >= 15 is 0 Å². The van der Waals surface area contributed by atoms with Gasteiger partial charge in [0.1, 0.15) is 5.56 Å². The fourth-order valence-electron chi connectivity index (χ4n) is 1.93. The van der Waals surface area contributed by atoms with Gasteiger partial charge in [0.15, 0.2) is 0 Å². The molecule has 1 fully saturated rings. The summed E-state index contributed by atoms with van der Waals surface area (Å²) in [5.74, 6) is 0. The second-order valence-corrected chi connectivity index (χ2v) is 5.38. The predicted octanol–water partition coefficient (Wildman–Crippen LogP) is 3.82. The lowest BCUT2D eigenvalue weighted by molar-refractivity contribution is -0.388. The van der Waals surface area contributed by atoms with E-state index in [9.17, 15) is 23.3 Å². The van der Waals surface area contributed by atoms with Gasteiger partial charge in [0, 0.05) is 17.8 Å². The first-order valence-electron chi connectivity index (χ1n) is 5.73. The molecule has 2 rings (SSSR count). The van der Waals surface area contributed by atoms with Crippen LogP contribution in [0.25, 0.3) is 0 Å². The number of nitro benzene ring substituents is 1. The van der Waals surface area contributed by atoms with Gasteiger partial charge in [0.25, 0.3) is 5.69 Å². The zero-order valence-corrected chi connectivity index (χ0v) is 10.4. The van der Waals surface area contributed by atoms with E-state index in [1.807, 2.05) is 13.8 Å².